The van der Waals surface area contributed by atoms with Gasteiger partial charge in [0.1, 0.15) is 5.82 Å². The van der Waals surface area contributed by atoms with Gasteiger partial charge in [0.15, 0.2) is 6.10 Å². The van der Waals surface area contributed by atoms with Crippen molar-refractivity contribution in [3.8, 4) is 0 Å². The Kier molecular flexibility index (Phi) is 4.72. The Bertz CT molecular complexity index is 537. The number of hydrogen-bond acceptors (Lipinski definition) is 4. The van der Waals surface area contributed by atoms with Gasteiger partial charge in [-0.1, -0.05) is 15.9 Å². The maximum atomic E-state index is 13.7. The van der Waals surface area contributed by atoms with Crippen LogP contribution < -0.4 is 0 Å². The smallest absolute Gasteiger partial charge is 0.336 e. The van der Waals surface area contributed by atoms with E-state index in [4.69, 9.17) is 4.74 Å². The predicted octanol–water partition coefficient (Wildman–Crippen LogP) is 1.60. The second-order valence-electron chi connectivity index (χ2n) is 4.26. The summed E-state index contributed by atoms with van der Waals surface area (Å²) < 4.78 is 24.1. The van der Waals surface area contributed by atoms with E-state index in [-0.39, 0.29) is 18.7 Å². The van der Waals surface area contributed by atoms with Crippen LogP contribution in [-0.4, -0.2) is 49.7 Å². The van der Waals surface area contributed by atoms with E-state index in [2.05, 4.69) is 20.7 Å². The third-order valence-corrected chi connectivity index (χ3v) is 3.47. The van der Waals surface area contributed by atoms with E-state index in [9.17, 15) is 14.0 Å². The largest absolute Gasteiger partial charge is 0.467 e. The molecule has 1 amide bonds. The summed E-state index contributed by atoms with van der Waals surface area (Å²) in [4.78, 5) is 25.1. The molecule has 0 bridgehead atoms. The van der Waals surface area contributed by atoms with Crippen LogP contribution in [0.2, 0.25) is 0 Å². The minimum Gasteiger partial charge on any atom is -0.467 e. The molecule has 1 heterocycles. The van der Waals surface area contributed by atoms with Crippen molar-refractivity contribution in [2.24, 2.45) is 0 Å². The quantitative estimate of drug-likeness (QED) is 0.764. The normalized spacial score (nSPS) is 18.8. The van der Waals surface area contributed by atoms with Crippen LogP contribution in [0.3, 0.4) is 0 Å². The van der Waals surface area contributed by atoms with Crippen LogP contribution in [0.1, 0.15) is 10.4 Å². The Hall–Kier alpha value is -1.47. The zero-order valence-electron chi connectivity index (χ0n) is 10.8. The minimum atomic E-state index is -0.826. The fraction of sp³-hybridized carbons (Fsp3) is 0.385. The number of methoxy groups -OCH3 is 1. The van der Waals surface area contributed by atoms with Gasteiger partial charge in [0.05, 0.1) is 25.8 Å². The highest BCUT2D eigenvalue weighted by atomic mass is 79.9. The monoisotopic (exact) mass is 345 g/mol. The van der Waals surface area contributed by atoms with Crippen LogP contribution >= 0.6 is 15.9 Å². The molecule has 108 valence electrons. The van der Waals surface area contributed by atoms with Crippen LogP contribution in [0.15, 0.2) is 22.7 Å². The molecule has 1 aliphatic rings. The molecule has 1 unspecified atom stereocenters. The summed E-state index contributed by atoms with van der Waals surface area (Å²) in [5.41, 5.74) is -0.0371. The molecule has 2 rings (SSSR count). The third kappa shape index (κ3) is 3.16. The first kappa shape index (κ1) is 14.9. The highest BCUT2D eigenvalue weighted by Gasteiger charge is 2.31. The number of benzene rings is 1. The van der Waals surface area contributed by atoms with E-state index in [1.807, 2.05) is 0 Å². The van der Waals surface area contributed by atoms with Crippen LogP contribution in [0.25, 0.3) is 0 Å². The highest BCUT2D eigenvalue weighted by molar-refractivity contribution is 9.10. The Morgan fingerprint density at radius 2 is 2.25 bits per heavy atom. The zero-order valence-corrected chi connectivity index (χ0v) is 12.4. The summed E-state index contributed by atoms with van der Waals surface area (Å²) in [6, 6.07) is 4.15. The van der Waals surface area contributed by atoms with E-state index in [0.29, 0.717) is 11.0 Å². The predicted molar refractivity (Wildman–Crippen MR) is 71.8 cm³/mol. The number of amides is 1. The van der Waals surface area contributed by atoms with Crippen molar-refractivity contribution >= 4 is 27.8 Å². The number of morpholine rings is 1. The van der Waals surface area contributed by atoms with Crippen LogP contribution in [0, 0.1) is 5.82 Å². The summed E-state index contributed by atoms with van der Waals surface area (Å²) in [6.07, 6.45) is -0.826. The van der Waals surface area contributed by atoms with Crippen molar-refractivity contribution in [2.75, 3.05) is 26.8 Å². The number of nitrogens with zero attached hydrogens (tertiary/aromatic N) is 1. The maximum Gasteiger partial charge on any atom is 0.336 e. The molecule has 1 aromatic rings. The summed E-state index contributed by atoms with van der Waals surface area (Å²) in [7, 11) is 1.25. The van der Waals surface area contributed by atoms with E-state index in [1.54, 1.807) is 0 Å². The molecule has 0 aromatic heterocycles. The van der Waals surface area contributed by atoms with Gasteiger partial charge in [-0.15, -0.1) is 0 Å². The molecular weight excluding hydrogens is 333 g/mol. The standard InChI is InChI=1S/C13H13BrFNO4/c1-19-13(18)11-7-16(4-5-20-11)12(17)9-6-8(14)2-3-10(9)15/h2-3,6,11H,4-5,7H2,1H3. The first-order valence-electron chi connectivity index (χ1n) is 5.96. The topological polar surface area (TPSA) is 55.8 Å². The lowest BCUT2D eigenvalue weighted by Crippen LogP contribution is -2.49. The number of carbonyl (C=O) groups is 2. The number of hydrogen-bond donors (Lipinski definition) is 0. The first-order valence-corrected chi connectivity index (χ1v) is 6.76. The molecule has 1 fully saturated rings. The van der Waals surface area contributed by atoms with Crippen molar-refractivity contribution in [1.29, 1.82) is 0 Å². The van der Waals surface area contributed by atoms with Gasteiger partial charge in [-0.2, -0.15) is 0 Å². The third-order valence-electron chi connectivity index (χ3n) is 2.98. The summed E-state index contributed by atoms with van der Waals surface area (Å²) >= 11 is 3.20. The molecule has 1 aliphatic heterocycles. The highest BCUT2D eigenvalue weighted by Crippen LogP contribution is 2.19. The molecule has 0 N–H and O–H groups in total. The SMILES string of the molecule is COC(=O)C1CN(C(=O)c2cc(Br)ccc2F)CCO1. The molecule has 1 saturated heterocycles. The average Bonchev–Trinajstić information content (AvgIpc) is 2.48. The summed E-state index contributed by atoms with van der Waals surface area (Å²) in [5.74, 6) is -1.61. The van der Waals surface area contributed by atoms with Gasteiger partial charge in [-0.3, -0.25) is 4.79 Å². The molecule has 1 aromatic carbocycles. The van der Waals surface area contributed by atoms with Crippen LogP contribution in [0.5, 0.6) is 0 Å². The van der Waals surface area contributed by atoms with Crippen molar-refractivity contribution in [3.63, 3.8) is 0 Å². The molecule has 20 heavy (non-hydrogen) atoms. The second-order valence-corrected chi connectivity index (χ2v) is 5.17. The molecular formula is C13H13BrFNO4. The van der Waals surface area contributed by atoms with E-state index < -0.39 is 23.8 Å². The van der Waals surface area contributed by atoms with Crippen molar-refractivity contribution in [3.05, 3.63) is 34.1 Å². The van der Waals surface area contributed by atoms with Gasteiger partial charge in [0.25, 0.3) is 5.91 Å². The van der Waals surface area contributed by atoms with Crippen LogP contribution in [-0.2, 0) is 14.3 Å². The number of rotatable bonds is 2. The maximum absolute atomic E-state index is 13.7. The Balaban J connectivity index is 2.16. The molecule has 0 spiro atoms. The molecule has 5 nitrogen and oxygen atoms in total. The molecule has 7 heteroatoms. The number of halogens is 2. The molecule has 0 aliphatic carbocycles. The van der Waals surface area contributed by atoms with Crippen molar-refractivity contribution in [2.45, 2.75) is 6.10 Å². The van der Waals surface area contributed by atoms with Gasteiger partial charge in [0.2, 0.25) is 0 Å². The van der Waals surface area contributed by atoms with Crippen molar-refractivity contribution < 1.29 is 23.5 Å². The lowest BCUT2D eigenvalue weighted by atomic mass is 10.1. The average molecular weight is 346 g/mol. The summed E-state index contributed by atoms with van der Waals surface area (Å²) in [5, 5.41) is 0. The number of carbonyl (C=O) groups excluding carboxylic acids is 2. The molecule has 1 atom stereocenters. The summed E-state index contributed by atoms with van der Waals surface area (Å²) in [6.45, 7) is 0.566. The fourth-order valence-electron chi connectivity index (χ4n) is 1.94. The number of ether oxygens (including phenoxy) is 2. The first-order chi connectivity index (χ1) is 9.52. The van der Waals surface area contributed by atoms with E-state index >= 15 is 0 Å². The van der Waals surface area contributed by atoms with Gasteiger partial charge in [-0.25, -0.2) is 9.18 Å². The van der Waals surface area contributed by atoms with E-state index in [1.165, 1.54) is 30.2 Å². The number of esters is 1. The lowest BCUT2D eigenvalue weighted by Gasteiger charge is -2.31. The van der Waals surface area contributed by atoms with Gasteiger partial charge >= 0.3 is 5.97 Å². The lowest BCUT2D eigenvalue weighted by molar-refractivity contribution is -0.158. The van der Waals surface area contributed by atoms with Crippen LogP contribution in [0.4, 0.5) is 4.39 Å². The second kappa shape index (κ2) is 6.32. The van der Waals surface area contributed by atoms with E-state index in [0.717, 1.165) is 0 Å². The minimum absolute atomic E-state index is 0.0371. The van der Waals surface area contributed by atoms with Gasteiger partial charge in [0, 0.05) is 11.0 Å². The Labute approximate surface area is 123 Å². The fourth-order valence-corrected chi connectivity index (χ4v) is 2.30. The Morgan fingerprint density at radius 3 is 2.95 bits per heavy atom. The zero-order chi connectivity index (χ0) is 14.7. The van der Waals surface area contributed by atoms with Crippen molar-refractivity contribution in [1.82, 2.24) is 4.90 Å². The van der Waals surface area contributed by atoms with Gasteiger partial charge in [-0.05, 0) is 18.2 Å². The Morgan fingerprint density at radius 1 is 1.50 bits per heavy atom. The molecule has 0 radical (unpaired) electrons. The molecule has 0 saturated carbocycles. The van der Waals surface area contributed by atoms with Gasteiger partial charge < -0.3 is 14.4 Å².